The van der Waals surface area contributed by atoms with Gasteiger partial charge in [0.25, 0.3) is 0 Å². The van der Waals surface area contributed by atoms with Gasteiger partial charge in [-0.05, 0) is 29.6 Å². The van der Waals surface area contributed by atoms with Gasteiger partial charge in [0.05, 0.1) is 5.69 Å². The molecule has 20 heavy (non-hydrogen) atoms. The molecular weight excluding hydrogens is 356 g/mol. The maximum absolute atomic E-state index is 11.3. The zero-order valence-electron chi connectivity index (χ0n) is 10.2. The lowest BCUT2D eigenvalue weighted by Crippen LogP contribution is -2.12. The Morgan fingerprint density at radius 3 is 2.60 bits per heavy atom. The standard InChI is InChI=1S/C14H9BrN2OS2/c15-11-5-3-10(4-6-11)12-8-20-14(16-12)17(9-18)13-2-1-7-19-13/h1-9H. The molecule has 0 fully saturated rings. The summed E-state index contributed by atoms with van der Waals surface area (Å²) in [5.41, 5.74) is 1.91. The summed E-state index contributed by atoms with van der Waals surface area (Å²) in [5.74, 6) is 0. The Balaban J connectivity index is 1.93. The van der Waals surface area contributed by atoms with E-state index in [1.165, 1.54) is 22.7 Å². The predicted molar refractivity (Wildman–Crippen MR) is 87.8 cm³/mol. The number of halogens is 1. The van der Waals surface area contributed by atoms with E-state index >= 15 is 0 Å². The maximum atomic E-state index is 11.3. The number of amides is 1. The fourth-order valence-electron chi connectivity index (χ4n) is 1.73. The summed E-state index contributed by atoms with van der Waals surface area (Å²) in [4.78, 5) is 17.4. The minimum Gasteiger partial charge on any atom is -0.278 e. The largest absolute Gasteiger partial charge is 0.278 e. The minimum absolute atomic E-state index is 0.681. The number of nitrogens with zero attached hydrogens (tertiary/aromatic N) is 2. The highest BCUT2D eigenvalue weighted by atomic mass is 79.9. The number of hydrogen-bond acceptors (Lipinski definition) is 4. The topological polar surface area (TPSA) is 33.2 Å². The minimum atomic E-state index is 0.681. The van der Waals surface area contributed by atoms with Crippen LogP contribution in [-0.4, -0.2) is 11.4 Å². The first-order valence-electron chi connectivity index (χ1n) is 5.77. The summed E-state index contributed by atoms with van der Waals surface area (Å²) in [6.45, 7) is 0. The first-order chi connectivity index (χ1) is 9.78. The molecule has 0 radical (unpaired) electrons. The molecule has 0 unspecified atom stereocenters. The molecule has 3 rings (SSSR count). The SMILES string of the molecule is O=CN(c1cccs1)c1nc(-c2ccc(Br)cc2)cs1. The van der Waals surface area contributed by atoms with E-state index in [-0.39, 0.29) is 0 Å². The van der Waals surface area contributed by atoms with Gasteiger partial charge in [-0.25, -0.2) is 9.88 Å². The Morgan fingerprint density at radius 1 is 1.15 bits per heavy atom. The first-order valence-corrected chi connectivity index (χ1v) is 8.32. The lowest BCUT2D eigenvalue weighted by molar-refractivity contribution is -0.106. The Morgan fingerprint density at radius 2 is 1.95 bits per heavy atom. The van der Waals surface area contributed by atoms with E-state index in [2.05, 4.69) is 20.9 Å². The second-order valence-corrected chi connectivity index (χ2v) is 6.63. The van der Waals surface area contributed by atoms with Gasteiger partial charge >= 0.3 is 0 Å². The lowest BCUT2D eigenvalue weighted by atomic mass is 10.2. The van der Waals surface area contributed by atoms with E-state index in [9.17, 15) is 4.79 Å². The van der Waals surface area contributed by atoms with Crippen LogP contribution in [0.3, 0.4) is 0 Å². The van der Waals surface area contributed by atoms with Crippen LogP contribution in [0.5, 0.6) is 0 Å². The van der Waals surface area contributed by atoms with Gasteiger partial charge in [0.2, 0.25) is 6.41 Å². The van der Waals surface area contributed by atoms with E-state index in [1.807, 2.05) is 47.2 Å². The number of rotatable bonds is 4. The van der Waals surface area contributed by atoms with Gasteiger partial charge in [-0.2, -0.15) is 0 Å². The number of anilines is 2. The number of aromatic nitrogens is 1. The van der Waals surface area contributed by atoms with Gasteiger partial charge in [0.15, 0.2) is 5.13 Å². The molecule has 0 spiro atoms. The van der Waals surface area contributed by atoms with E-state index in [0.717, 1.165) is 27.1 Å². The normalized spacial score (nSPS) is 10.4. The number of thiophene rings is 1. The molecule has 0 aliphatic rings. The van der Waals surface area contributed by atoms with Gasteiger partial charge < -0.3 is 0 Å². The molecule has 0 saturated heterocycles. The van der Waals surface area contributed by atoms with Crippen molar-refractivity contribution in [1.82, 2.24) is 4.98 Å². The molecule has 2 aromatic heterocycles. The lowest BCUT2D eigenvalue weighted by Gasteiger charge is -2.10. The van der Waals surface area contributed by atoms with Crippen molar-refractivity contribution in [3.63, 3.8) is 0 Å². The molecule has 0 atom stereocenters. The average Bonchev–Trinajstić information content (AvgIpc) is 3.12. The second kappa shape index (κ2) is 5.87. The summed E-state index contributed by atoms with van der Waals surface area (Å²) >= 11 is 6.38. The Bertz CT molecular complexity index is 707. The molecule has 3 aromatic rings. The first kappa shape index (κ1) is 13.5. The summed E-state index contributed by atoms with van der Waals surface area (Å²) in [7, 11) is 0. The van der Waals surface area contributed by atoms with Crippen molar-refractivity contribution >= 4 is 55.1 Å². The van der Waals surface area contributed by atoms with Crippen molar-refractivity contribution in [2.75, 3.05) is 4.90 Å². The van der Waals surface area contributed by atoms with Gasteiger partial charge in [0, 0.05) is 15.4 Å². The number of carbonyl (C=O) groups excluding carboxylic acids is 1. The summed E-state index contributed by atoms with van der Waals surface area (Å²) in [6.07, 6.45) is 0.802. The molecule has 0 N–H and O–H groups in total. The molecule has 6 heteroatoms. The zero-order valence-corrected chi connectivity index (χ0v) is 13.4. The van der Waals surface area contributed by atoms with Crippen LogP contribution in [0.25, 0.3) is 11.3 Å². The van der Waals surface area contributed by atoms with Gasteiger partial charge in [0.1, 0.15) is 5.00 Å². The molecule has 1 aromatic carbocycles. The highest BCUT2D eigenvalue weighted by Gasteiger charge is 2.14. The quantitative estimate of drug-likeness (QED) is 0.615. The number of carbonyl (C=O) groups is 1. The van der Waals surface area contributed by atoms with E-state index in [0.29, 0.717) is 5.13 Å². The predicted octanol–water partition coefficient (Wildman–Crippen LogP) is 4.93. The maximum Gasteiger partial charge on any atom is 0.221 e. The van der Waals surface area contributed by atoms with Gasteiger partial charge in [-0.15, -0.1) is 22.7 Å². The molecule has 0 aliphatic heterocycles. The number of thiazole rings is 1. The molecular formula is C14H9BrN2OS2. The van der Waals surface area contributed by atoms with Crippen molar-refractivity contribution in [3.05, 3.63) is 51.6 Å². The van der Waals surface area contributed by atoms with E-state index < -0.39 is 0 Å². The van der Waals surface area contributed by atoms with E-state index in [4.69, 9.17) is 0 Å². The molecule has 100 valence electrons. The Kier molecular flexibility index (Phi) is 3.95. The third-order valence-electron chi connectivity index (χ3n) is 2.69. The third-order valence-corrected chi connectivity index (χ3v) is 4.92. The van der Waals surface area contributed by atoms with Gasteiger partial charge in [-0.1, -0.05) is 28.1 Å². The molecule has 3 nitrogen and oxygen atoms in total. The highest BCUT2D eigenvalue weighted by molar-refractivity contribution is 9.10. The molecule has 1 amide bonds. The third kappa shape index (κ3) is 2.67. The van der Waals surface area contributed by atoms with Crippen molar-refractivity contribution in [3.8, 4) is 11.3 Å². The van der Waals surface area contributed by atoms with E-state index in [1.54, 1.807) is 4.90 Å². The Labute approximate surface area is 132 Å². The fraction of sp³-hybridized carbons (Fsp3) is 0. The molecule has 0 saturated carbocycles. The summed E-state index contributed by atoms with van der Waals surface area (Å²) in [5, 5.41) is 5.45. The van der Waals surface area contributed by atoms with Crippen LogP contribution in [0.15, 0.2) is 51.6 Å². The van der Waals surface area contributed by atoms with Crippen LogP contribution < -0.4 is 4.90 Å². The number of benzene rings is 1. The van der Waals surface area contributed by atoms with Crippen molar-refractivity contribution in [2.24, 2.45) is 0 Å². The number of hydrogen-bond donors (Lipinski definition) is 0. The van der Waals surface area contributed by atoms with Crippen LogP contribution in [0.2, 0.25) is 0 Å². The van der Waals surface area contributed by atoms with Gasteiger partial charge in [-0.3, -0.25) is 4.79 Å². The van der Waals surface area contributed by atoms with Crippen LogP contribution in [-0.2, 0) is 4.79 Å². The van der Waals surface area contributed by atoms with Crippen LogP contribution in [0, 0.1) is 0 Å². The second-order valence-electron chi connectivity index (χ2n) is 3.95. The zero-order chi connectivity index (χ0) is 13.9. The fourth-order valence-corrected chi connectivity index (χ4v) is 3.56. The molecule has 0 bridgehead atoms. The Hall–Kier alpha value is -1.50. The smallest absolute Gasteiger partial charge is 0.221 e. The van der Waals surface area contributed by atoms with Crippen LogP contribution in [0.1, 0.15) is 0 Å². The highest BCUT2D eigenvalue weighted by Crippen LogP contribution is 2.33. The van der Waals surface area contributed by atoms with Crippen LogP contribution >= 0.6 is 38.6 Å². The molecule has 0 aliphatic carbocycles. The van der Waals surface area contributed by atoms with Crippen LogP contribution in [0.4, 0.5) is 10.1 Å². The van der Waals surface area contributed by atoms with Crippen molar-refractivity contribution in [2.45, 2.75) is 0 Å². The molecule has 2 heterocycles. The monoisotopic (exact) mass is 364 g/mol. The summed E-state index contributed by atoms with van der Waals surface area (Å²) in [6, 6.07) is 11.8. The van der Waals surface area contributed by atoms with Crippen molar-refractivity contribution < 1.29 is 4.79 Å². The average molecular weight is 365 g/mol. The summed E-state index contributed by atoms with van der Waals surface area (Å²) < 4.78 is 1.03. The van der Waals surface area contributed by atoms with Crippen molar-refractivity contribution in [1.29, 1.82) is 0 Å².